The quantitative estimate of drug-likeness (QED) is 0.662. The van der Waals surface area contributed by atoms with Gasteiger partial charge in [-0.2, -0.15) is 5.01 Å². The molecule has 21 heavy (non-hydrogen) atoms. The summed E-state index contributed by atoms with van der Waals surface area (Å²) < 4.78 is 0. The predicted octanol–water partition coefficient (Wildman–Crippen LogP) is 1.04. The molecule has 7 nitrogen and oxygen atoms in total. The summed E-state index contributed by atoms with van der Waals surface area (Å²) >= 11 is 0. The molecule has 1 aliphatic rings. The van der Waals surface area contributed by atoms with Crippen LogP contribution in [-0.2, 0) is 9.59 Å². The molecule has 1 aromatic carbocycles. The van der Waals surface area contributed by atoms with Crippen molar-refractivity contribution in [2.75, 3.05) is 11.6 Å². The van der Waals surface area contributed by atoms with Crippen molar-refractivity contribution in [1.29, 1.82) is 0 Å². The number of carbonyl (C=O) groups is 2. The third-order valence-corrected chi connectivity index (χ3v) is 3.50. The van der Waals surface area contributed by atoms with Crippen LogP contribution in [0.3, 0.4) is 0 Å². The van der Waals surface area contributed by atoms with Crippen molar-refractivity contribution in [3.8, 4) is 0 Å². The van der Waals surface area contributed by atoms with Crippen molar-refractivity contribution < 1.29 is 9.59 Å². The number of carbonyl (C=O) groups excluding carboxylic acids is 2. The van der Waals surface area contributed by atoms with Gasteiger partial charge >= 0.3 is 0 Å². The number of anilines is 1. The number of benzene rings is 1. The van der Waals surface area contributed by atoms with E-state index in [-0.39, 0.29) is 5.91 Å². The summed E-state index contributed by atoms with van der Waals surface area (Å²) in [6, 6.07) is 7.07. The van der Waals surface area contributed by atoms with Gasteiger partial charge in [-0.15, -0.1) is 4.91 Å². The van der Waals surface area contributed by atoms with Gasteiger partial charge in [-0.3, -0.25) is 9.59 Å². The highest BCUT2D eigenvalue weighted by atomic mass is 16.3. The van der Waals surface area contributed by atoms with Crippen LogP contribution in [0.5, 0.6) is 0 Å². The number of hydrogen-bond acceptors (Lipinski definition) is 5. The molecule has 1 saturated heterocycles. The summed E-state index contributed by atoms with van der Waals surface area (Å²) in [7, 11) is 0. The van der Waals surface area contributed by atoms with E-state index >= 15 is 0 Å². The van der Waals surface area contributed by atoms with E-state index in [2.05, 4.69) is 5.29 Å². The Balaban J connectivity index is 2.21. The molecule has 1 aromatic rings. The fraction of sp³-hybridized carbons (Fsp3) is 0.429. The van der Waals surface area contributed by atoms with Gasteiger partial charge in [-0.1, -0.05) is 18.2 Å². The van der Waals surface area contributed by atoms with Gasteiger partial charge in [0.25, 0.3) is 5.91 Å². The third-order valence-electron chi connectivity index (χ3n) is 3.50. The Morgan fingerprint density at radius 3 is 2.62 bits per heavy atom. The topological polar surface area (TPSA) is 96.1 Å². The second-order valence-corrected chi connectivity index (χ2v) is 5.05. The van der Waals surface area contributed by atoms with E-state index in [1.807, 2.05) is 0 Å². The lowest BCUT2D eigenvalue weighted by molar-refractivity contribution is -0.138. The molecule has 0 unspecified atom stereocenters. The van der Waals surface area contributed by atoms with Crippen LogP contribution in [0.25, 0.3) is 0 Å². The Bertz CT molecular complexity index is 532. The first-order chi connectivity index (χ1) is 10.1. The van der Waals surface area contributed by atoms with Crippen molar-refractivity contribution in [3.63, 3.8) is 0 Å². The van der Waals surface area contributed by atoms with Gasteiger partial charge < -0.3 is 10.6 Å². The van der Waals surface area contributed by atoms with Crippen LogP contribution < -0.4 is 10.7 Å². The molecular weight excluding hydrogens is 272 g/mol. The lowest BCUT2D eigenvalue weighted by atomic mass is 10.1. The van der Waals surface area contributed by atoms with E-state index in [1.165, 1.54) is 4.90 Å². The van der Waals surface area contributed by atoms with E-state index in [1.54, 1.807) is 37.3 Å². The molecule has 7 heteroatoms. The third kappa shape index (κ3) is 3.08. The van der Waals surface area contributed by atoms with Crippen LogP contribution in [0.4, 0.5) is 5.69 Å². The molecule has 2 atom stereocenters. The van der Waals surface area contributed by atoms with Gasteiger partial charge in [0.05, 0.1) is 17.0 Å². The molecule has 0 saturated carbocycles. The lowest BCUT2D eigenvalue weighted by Gasteiger charge is -2.27. The average molecular weight is 290 g/mol. The van der Waals surface area contributed by atoms with E-state index in [0.29, 0.717) is 25.1 Å². The summed E-state index contributed by atoms with van der Waals surface area (Å²) in [5, 5.41) is 3.61. The Hall–Kier alpha value is -2.28. The lowest BCUT2D eigenvalue weighted by Crippen LogP contribution is -2.50. The molecule has 1 aliphatic heterocycles. The first-order valence-corrected chi connectivity index (χ1v) is 6.84. The normalized spacial score (nSPS) is 19.1. The molecule has 1 fully saturated rings. The number of nitrogens with zero attached hydrogens (tertiary/aromatic N) is 3. The molecule has 2 N–H and O–H groups in total. The molecule has 0 spiro atoms. The number of amides is 2. The Kier molecular flexibility index (Phi) is 4.64. The van der Waals surface area contributed by atoms with Crippen molar-refractivity contribution >= 4 is 17.5 Å². The summed E-state index contributed by atoms with van der Waals surface area (Å²) in [5.41, 5.74) is 5.98. The Morgan fingerprint density at radius 2 is 2.05 bits per heavy atom. The molecule has 0 aromatic heterocycles. The summed E-state index contributed by atoms with van der Waals surface area (Å²) in [6.07, 6.45) is 1.21. The molecule has 1 heterocycles. The second kappa shape index (κ2) is 6.45. The Morgan fingerprint density at radius 1 is 1.38 bits per heavy atom. The molecule has 112 valence electrons. The highest BCUT2D eigenvalue weighted by Crippen LogP contribution is 2.23. The van der Waals surface area contributed by atoms with Gasteiger partial charge in [0.1, 0.15) is 6.04 Å². The highest BCUT2D eigenvalue weighted by Gasteiger charge is 2.38. The zero-order valence-electron chi connectivity index (χ0n) is 11.8. The van der Waals surface area contributed by atoms with Crippen molar-refractivity contribution in [2.24, 2.45) is 11.0 Å². The molecule has 0 radical (unpaired) electrons. The summed E-state index contributed by atoms with van der Waals surface area (Å²) in [6.45, 7) is 2.05. The van der Waals surface area contributed by atoms with Crippen molar-refractivity contribution in [3.05, 3.63) is 35.2 Å². The van der Waals surface area contributed by atoms with Crippen LogP contribution in [-0.4, -0.2) is 35.3 Å². The minimum absolute atomic E-state index is 0.287. The van der Waals surface area contributed by atoms with Crippen LogP contribution in [0.2, 0.25) is 0 Å². The number of hydrogen-bond donors (Lipinski definition) is 1. The Labute approximate surface area is 122 Å². The van der Waals surface area contributed by atoms with Crippen LogP contribution in [0.15, 0.2) is 35.6 Å². The van der Waals surface area contributed by atoms with Gasteiger partial charge in [0.2, 0.25) is 5.91 Å². The maximum Gasteiger partial charge on any atom is 0.272 e. The largest absolute Gasteiger partial charge is 0.329 e. The molecule has 0 bridgehead atoms. The van der Waals surface area contributed by atoms with Gasteiger partial charge in [-0.25, -0.2) is 0 Å². The average Bonchev–Trinajstić information content (AvgIpc) is 2.97. The maximum atomic E-state index is 12.5. The highest BCUT2D eigenvalue weighted by molar-refractivity contribution is 5.99. The van der Waals surface area contributed by atoms with Crippen LogP contribution >= 0.6 is 0 Å². The van der Waals surface area contributed by atoms with Crippen molar-refractivity contribution in [2.45, 2.75) is 31.8 Å². The molecule has 0 aliphatic carbocycles. The van der Waals surface area contributed by atoms with Gasteiger partial charge in [0, 0.05) is 6.54 Å². The zero-order valence-corrected chi connectivity index (χ0v) is 11.8. The molecular formula is C14H18N4O3. The summed E-state index contributed by atoms with van der Waals surface area (Å²) in [5.74, 6) is -0.785. The SMILES string of the molecule is C[C@H](N)C(=O)N1CCC[C@H]1C(=O)N(N=O)c1ccccc1. The van der Waals surface area contributed by atoms with Crippen molar-refractivity contribution in [1.82, 2.24) is 4.90 Å². The molecule has 2 rings (SSSR count). The maximum absolute atomic E-state index is 12.5. The molecule has 2 amide bonds. The fourth-order valence-corrected chi connectivity index (χ4v) is 2.47. The van der Waals surface area contributed by atoms with E-state index < -0.39 is 18.0 Å². The van der Waals surface area contributed by atoms with Crippen LogP contribution in [0.1, 0.15) is 19.8 Å². The number of nitroso groups, excluding NO2 is 1. The number of likely N-dealkylation sites (tertiary alicyclic amines) is 1. The predicted molar refractivity (Wildman–Crippen MR) is 78.1 cm³/mol. The number of rotatable bonds is 4. The second-order valence-electron chi connectivity index (χ2n) is 5.05. The minimum atomic E-state index is -0.679. The van der Waals surface area contributed by atoms with Gasteiger partial charge in [-0.05, 0) is 31.9 Å². The summed E-state index contributed by atoms with van der Waals surface area (Å²) in [4.78, 5) is 37.0. The van der Waals surface area contributed by atoms with Gasteiger partial charge in [0.15, 0.2) is 0 Å². The minimum Gasteiger partial charge on any atom is -0.329 e. The first-order valence-electron chi connectivity index (χ1n) is 6.84. The number of para-hydroxylation sites is 1. The first kappa shape index (κ1) is 15.1. The van der Waals surface area contributed by atoms with Crippen LogP contribution in [0, 0.1) is 4.91 Å². The fourth-order valence-electron chi connectivity index (χ4n) is 2.47. The monoisotopic (exact) mass is 290 g/mol. The number of nitrogens with two attached hydrogens (primary N) is 1. The van der Waals surface area contributed by atoms with E-state index in [0.717, 1.165) is 5.01 Å². The standard InChI is InChI=1S/C14H18N4O3/c1-10(15)13(19)17-9-5-8-12(17)14(20)18(16-21)11-6-3-2-4-7-11/h2-4,6-7,10,12H,5,8-9,15H2,1H3/t10-,12-/m0/s1. The van der Waals surface area contributed by atoms with E-state index in [9.17, 15) is 14.5 Å². The van der Waals surface area contributed by atoms with E-state index in [4.69, 9.17) is 5.73 Å². The zero-order chi connectivity index (χ0) is 15.4. The smallest absolute Gasteiger partial charge is 0.272 e.